The van der Waals surface area contributed by atoms with Crippen LogP contribution in [0, 0.1) is 5.41 Å². The molecule has 2 aromatic rings. The Morgan fingerprint density at radius 1 is 1.06 bits per heavy atom. The Balaban J connectivity index is 2.31. The molecule has 0 saturated carbocycles. The Hall–Kier alpha value is -3.39. The first-order valence-corrected chi connectivity index (χ1v) is 9.90. The average molecular weight is 427 g/mol. The van der Waals surface area contributed by atoms with E-state index in [9.17, 15) is 9.59 Å². The highest BCUT2D eigenvalue weighted by Crippen LogP contribution is 2.24. The SMILES string of the molecule is CON(C(=O)CC(C)(C)C)[C@@H](Cc1ccccc1)C(=O)Oc1cccc(N=C(N)N)c1. The number of carbonyl (C=O) groups excluding carboxylic acids is 2. The minimum atomic E-state index is -0.978. The predicted octanol–water partition coefficient (Wildman–Crippen LogP) is 2.93. The Labute approximate surface area is 182 Å². The lowest BCUT2D eigenvalue weighted by atomic mass is 9.91. The van der Waals surface area contributed by atoms with Crippen LogP contribution in [0.15, 0.2) is 59.6 Å². The van der Waals surface area contributed by atoms with Crippen molar-refractivity contribution in [2.45, 2.75) is 39.7 Å². The number of hydrogen-bond acceptors (Lipinski definition) is 5. The van der Waals surface area contributed by atoms with Crippen LogP contribution in [-0.4, -0.2) is 36.1 Å². The van der Waals surface area contributed by atoms with Gasteiger partial charge in [-0.3, -0.25) is 9.63 Å². The summed E-state index contributed by atoms with van der Waals surface area (Å²) in [4.78, 5) is 35.3. The minimum absolute atomic E-state index is 0.108. The third kappa shape index (κ3) is 7.75. The molecule has 8 nitrogen and oxygen atoms in total. The van der Waals surface area contributed by atoms with Crippen molar-refractivity contribution >= 4 is 23.5 Å². The monoisotopic (exact) mass is 426 g/mol. The van der Waals surface area contributed by atoms with Crippen LogP contribution in [0.25, 0.3) is 0 Å². The number of aliphatic imine (C=N–C) groups is 1. The van der Waals surface area contributed by atoms with Crippen molar-refractivity contribution in [2.24, 2.45) is 21.9 Å². The van der Waals surface area contributed by atoms with Crippen LogP contribution in [0.4, 0.5) is 5.69 Å². The van der Waals surface area contributed by atoms with E-state index in [0.29, 0.717) is 5.69 Å². The van der Waals surface area contributed by atoms with Crippen LogP contribution < -0.4 is 16.2 Å². The molecule has 0 spiro atoms. The summed E-state index contributed by atoms with van der Waals surface area (Å²) in [6.45, 7) is 5.83. The van der Waals surface area contributed by atoms with Gasteiger partial charge in [0.1, 0.15) is 5.75 Å². The molecule has 1 amide bonds. The third-order valence-electron chi connectivity index (χ3n) is 4.25. The van der Waals surface area contributed by atoms with Gasteiger partial charge in [0.15, 0.2) is 12.0 Å². The van der Waals surface area contributed by atoms with Crippen LogP contribution in [0.3, 0.4) is 0 Å². The molecule has 2 aromatic carbocycles. The van der Waals surface area contributed by atoms with Crippen molar-refractivity contribution in [3.05, 3.63) is 60.2 Å². The Bertz CT molecular complexity index is 919. The smallest absolute Gasteiger partial charge is 0.337 e. The van der Waals surface area contributed by atoms with E-state index in [0.717, 1.165) is 10.6 Å². The molecular weight excluding hydrogens is 396 g/mol. The number of guanidine groups is 1. The third-order valence-corrected chi connectivity index (χ3v) is 4.25. The van der Waals surface area contributed by atoms with Crippen molar-refractivity contribution in [3.63, 3.8) is 0 Å². The largest absolute Gasteiger partial charge is 0.425 e. The summed E-state index contributed by atoms with van der Waals surface area (Å²) in [5, 5.41) is 1.10. The van der Waals surface area contributed by atoms with Gasteiger partial charge in [-0.2, -0.15) is 0 Å². The van der Waals surface area contributed by atoms with Crippen molar-refractivity contribution < 1.29 is 19.2 Å². The summed E-state index contributed by atoms with van der Waals surface area (Å²) >= 11 is 0. The van der Waals surface area contributed by atoms with Gasteiger partial charge in [0, 0.05) is 18.9 Å². The van der Waals surface area contributed by atoms with E-state index < -0.39 is 12.0 Å². The normalized spacial score (nSPS) is 12.0. The number of benzene rings is 2. The lowest BCUT2D eigenvalue weighted by molar-refractivity contribution is -0.197. The van der Waals surface area contributed by atoms with Crippen LogP contribution in [-0.2, 0) is 20.8 Å². The molecule has 0 aliphatic carbocycles. The molecule has 0 bridgehead atoms. The summed E-state index contributed by atoms with van der Waals surface area (Å²) < 4.78 is 5.57. The molecule has 0 fully saturated rings. The zero-order valence-corrected chi connectivity index (χ0v) is 18.4. The van der Waals surface area contributed by atoms with E-state index in [2.05, 4.69) is 4.99 Å². The molecule has 4 N–H and O–H groups in total. The second-order valence-electron chi connectivity index (χ2n) is 8.30. The topological polar surface area (TPSA) is 120 Å². The standard InChI is InChI=1S/C23H30N4O4/c1-23(2,3)15-20(28)27(30-4)19(13-16-9-6-5-7-10-16)21(29)31-18-12-8-11-17(14-18)26-22(24)25/h5-12,14,19H,13,15H2,1-4H3,(H4,24,25,26)/t19-/m0/s1. The quantitative estimate of drug-likeness (QED) is 0.220. The lowest BCUT2D eigenvalue weighted by Crippen LogP contribution is -2.48. The number of hydrogen-bond donors (Lipinski definition) is 2. The van der Waals surface area contributed by atoms with Gasteiger partial charge in [-0.15, -0.1) is 0 Å². The number of carbonyl (C=O) groups is 2. The summed E-state index contributed by atoms with van der Waals surface area (Å²) in [6.07, 6.45) is 0.441. The molecule has 31 heavy (non-hydrogen) atoms. The summed E-state index contributed by atoms with van der Waals surface area (Å²) in [5.74, 6) is -0.786. The molecule has 8 heteroatoms. The Kier molecular flexibility index (Phi) is 8.15. The first kappa shape index (κ1) is 23.9. The maximum Gasteiger partial charge on any atom is 0.337 e. The average Bonchev–Trinajstić information content (AvgIpc) is 2.67. The summed E-state index contributed by atoms with van der Waals surface area (Å²) in [7, 11) is 1.37. The molecule has 0 aliphatic heterocycles. The molecular formula is C23H30N4O4. The zero-order valence-electron chi connectivity index (χ0n) is 18.4. The van der Waals surface area contributed by atoms with Crippen LogP contribution in [0.5, 0.6) is 5.75 Å². The molecule has 0 heterocycles. The fraction of sp³-hybridized carbons (Fsp3) is 0.348. The maximum absolute atomic E-state index is 13.1. The number of ether oxygens (including phenoxy) is 1. The van der Waals surface area contributed by atoms with Gasteiger partial charge < -0.3 is 16.2 Å². The number of nitrogens with zero attached hydrogens (tertiary/aromatic N) is 2. The fourth-order valence-corrected chi connectivity index (χ4v) is 2.98. The highest BCUT2D eigenvalue weighted by Gasteiger charge is 2.34. The minimum Gasteiger partial charge on any atom is -0.425 e. The Morgan fingerprint density at radius 2 is 1.74 bits per heavy atom. The van der Waals surface area contributed by atoms with Crippen LogP contribution in [0.2, 0.25) is 0 Å². The first-order chi connectivity index (χ1) is 14.6. The van der Waals surface area contributed by atoms with Gasteiger partial charge >= 0.3 is 5.97 Å². The highest BCUT2D eigenvalue weighted by molar-refractivity contribution is 5.85. The summed E-state index contributed by atoms with van der Waals surface area (Å²) in [5.41, 5.74) is 11.9. The van der Waals surface area contributed by atoms with Crippen LogP contribution >= 0.6 is 0 Å². The van der Waals surface area contributed by atoms with E-state index in [1.165, 1.54) is 13.2 Å². The number of esters is 1. The van der Waals surface area contributed by atoms with E-state index in [1.54, 1.807) is 18.2 Å². The van der Waals surface area contributed by atoms with Gasteiger partial charge in [0.2, 0.25) is 5.91 Å². The van der Waals surface area contributed by atoms with E-state index >= 15 is 0 Å². The maximum atomic E-state index is 13.1. The van der Waals surface area contributed by atoms with Crippen LogP contribution in [0.1, 0.15) is 32.8 Å². The molecule has 0 saturated heterocycles. The Morgan fingerprint density at radius 3 is 2.32 bits per heavy atom. The molecule has 2 rings (SSSR count). The molecule has 166 valence electrons. The van der Waals surface area contributed by atoms with E-state index in [1.807, 2.05) is 51.1 Å². The van der Waals surface area contributed by atoms with Crippen molar-refractivity contribution in [1.29, 1.82) is 0 Å². The van der Waals surface area contributed by atoms with Crippen molar-refractivity contribution in [3.8, 4) is 5.75 Å². The molecule has 0 aliphatic rings. The van der Waals surface area contributed by atoms with Gasteiger partial charge in [0.25, 0.3) is 0 Å². The van der Waals surface area contributed by atoms with Gasteiger partial charge in [-0.05, 0) is 23.1 Å². The molecule has 0 aromatic heterocycles. The van der Waals surface area contributed by atoms with E-state index in [-0.39, 0.29) is 35.9 Å². The van der Waals surface area contributed by atoms with Crippen molar-refractivity contribution in [2.75, 3.05) is 7.11 Å². The zero-order chi connectivity index (χ0) is 23.0. The highest BCUT2D eigenvalue weighted by atomic mass is 16.7. The first-order valence-electron chi connectivity index (χ1n) is 9.90. The van der Waals surface area contributed by atoms with Gasteiger partial charge in [0.05, 0.1) is 12.8 Å². The summed E-state index contributed by atoms with van der Waals surface area (Å²) in [6, 6.07) is 14.9. The van der Waals surface area contributed by atoms with E-state index in [4.69, 9.17) is 21.0 Å². The number of amides is 1. The molecule has 1 atom stereocenters. The second-order valence-corrected chi connectivity index (χ2v) is 8.30. The molecule has 0 radical (unpaired) electrons. The lowest BCUT2D eigenvalue weighted by Gasteiger charge is -2.30. The van der Waals surface area contributed by atoms with Crippen molar-refractivity contribution in [1.82, 2.24) is 5.06 Å². The predicted molar refractivity (Wildman–Crippen MR) is 119 cm³/mol. The van der Waals surface area contributed by atoms with Gasteiger partial charge in [-0.1, -0.05) is 57.2 Å². The fourth-order valence-electron chi connectivity index (χ4n) is 2.98. The second kappa shape index (κ2) is 10.6. The number of rotatable bonds is 8. The number of hydroxylamine groups is 2. The number of nitrogens with two attached hydrogens (primary N) is 2. The molecule has 0 unspecified atom stereocenters. The van der Waals surface area contributed by atoms with Gasteiger partial charge in [-0.25, -0.2) is 14.9 Å².